The van der Waals surface area contributed by atoms with Crippen molar-refractivity contribution in [3.63, 3.8) is 0 Å². The summed E-state index contributed by atoms with van der Waals surface area (Å²) in [6.45, 7) is -0.158. The molecule has 1 aliphatic carbocycles. The first-order valence-corrected chi connectivity index (χ1v) is 9.94. The van der Waals surface area contributed by atoms with Crippen LogP contribution in [0.1, 0.15) is 30.3 Å². The van der Waals surface area contributed by atoms with Crippen LogP contribution < -0.4 is 5.73 Å². The molecular weight excluding hydrogens is 380 g/mol. The Hall–Kier alpha value is -3.20. The monoisotopic (exact) mass is 402 g/mol. The Kier molecular flexibility index (Phi) is 4.74. The van der Waals surface area contributed by atoms with Gasteiger partial charge in [0, 0.05) is 17.1 Å². The number of hydrogen-bond donors (Lipinski definition) is 3. The van der Waals surface area contributed by atoms with Crippen LogP contribution in [0.5, 0.6) is 0 Å². The van der Waals surface area contributed by atoms with E-state index in [1.54, 1.807) is 23.1 Å². The highest BCUT2D eigenvalue weighted by Crippen LogP contribution is 2.36. The van der Waals surface area contributed by atoms with Crippen LogP contribution in [-0.4, -0.2) is 41.0 Å². The third-order valence-corrected chi connectivity index (χ3v) is 5.69. The fourth-order valence-corrected chi connectivity index (χ4v) is 3.87. The van der Waals surface area contributed by atoms with Crippen molar-refractivity contribution in [3.05, 3.63) is 66.2 Å². The summed E-state index contributed by atoms with van der Waals surface area (Å²) >= 11 is 0. The van der Waals surface area contributed by atoms with Crippen molar-refractivity contribution in [2.75, 3.05) is 0 Å². The average Bonchev–Trinajstić information content (AvgIpc) is 3.20. The molecule has 5 rings (SSSR count). The first kappa shape index (κ1) is 18.8. The van der Waals surface area contributed by atoms with Gasteiger partial charge in [-0.05, 0) is 43.0 Å². The van der Waals surface area contributed by atoms with Crippen molar-refractivity contribution in [3.8, 4) is 17.2 Å². The number of aliphatic hydroxyl groups excluding tert-OH is 2. The topological polar surface area (TPSA) is 123 Å². The Labute approximate surface area is 173 Å². The van der Waals surface area contributed by atoms with E-state index in [0.29, 0.717) is 11.6 Å². The quantitative estimate of drug-likeness (QED) is 0.467. The molecule has 1 atom stereocenters. The van der Waals surface area contributed by atoms with Crippen LogP contribution in [0.4, 0.5) is 0 Å². The maximum absolute atomic E-state index is 9.57. The number of hydrogen-bond acceptors (Lipinski definition) is 7. The molecule has 0 radical (unpaired) electrons. The van der Waals surface area contributed by atoms with Crippen molar-refractivity contribution < 1.29 is 10.2 Å². The molecule has 4 aromatic rings. The number of aromatic nitrogens is 5. The molecule has 152 valence electrons. The van der Waals surface area contributed by atoms with Gasteiger partial charge in [0.1, 0.15) is 0 Å². The van der Waals surface area contributed by atoms with Crippen LogP contribution in [0, 0.1) is 5.92 Å². The molecule has 1 aromatic carbocycles. The molecule has 3 heterocycles. The second-order valence-corrected chi connectivity index (χ2v) is 7.69. The highest BCUT2D eigenvalue weighted by atomic mass is 16.3. The van der Waals surface area contributed by atoms with Gasteiger partial charge in [0.15, 0.2) is 0 Å². The van der Waals surface area contributed by atoms with Crippen LogP contribution in [-0.2, 0) is 6.61 Å². The molecule has 0 amide bonds. The molecule has 3 aromatic heterocycles. The zero-order valence-corrected chi connectivity index (χ0v) is 16.3. The van der Waals surface area contributed by atoms with Gasteiger partial charge in [-0.25, -0.2) is 9.97 Å². The van der Waals surface area contributed by atoms with Crippen LogP contribution in [0.15, 0.2) is 54.9 Å². The summed E-state index contributed by atoms with van der Waals surface area (Å²) in [4.78, 5) is 13.4. The number of nitrogens with two attached hydrogens (primary N) is 1. The van der Waals surface area contributed by atoms with Crippen molar-refractivity contribution in [2.45, 2.75) is 31.6 Å². The van der Waals surface area contributed by atoms with E-state index in [1.165, 1.54) is 0 Å². The molecule has 8 heteroatoms. The standard InChI is InChI=1S/C22H22N6O2/c23-21(15-8-17(30)9-15)19-3-1-2-18(27-19)13-4-5-14-11-25-28(20(14)10-13)22-24-7-6-16(12-29)26-22/h1-7,10-11,15,17,21,29-30H,8-9,12,23H2. The Balaban J connectivity index is 1.52. The first-order chi connectivity index (χ1) is 14.6. The van der Waals surface area contributed by atoms with Gasteiger partial charge in [-0.15, -0.1) is 0 Å². The lowest BCUT2D eigenvalue weighted by molar-refractivity contribution is 0.0302. The molecule has 8 nitrogen and oxygen atoms in total. The predicted molar refractivity (Wildman–Crippen MR) is 111 cm³/mol. The van der Waals surface area contributed by atoms with E-state index in [4.69, 9.17) is 10.7 Å². The van der Waals surface area contributed by atoms with Crippen molar-refractivity contribution in [2.24, 2.45) is 11.7 Å². The maximum atomic E-state index is 9.57. The fourth-order valence-electron chi connectivity index (χ4n) is 3.87. The second-order valence-electron chi connectivity index (χ2n) is 7.69. The van der Waals surface area contributed by atoms with E-state index in [1.807, 2.05) is 36.4 Å². The second kappa shape index (κ2) is 7.56. The summed E-state index contributed by atoms with van der Waals surface area (Å²) < 4.78 is 1.66. The number of rotatable bonds is 5. The molecule has 0 saturated heterocycles. The van der Waals surface area contributed by atoms with Gasteiger partial charge in [-0.1, -0.05) is 18.2 Å². The molecule has 30 heavy (non-hydrogen) atoms. The van der Waals surface area contributed by atoms with E-state index in [-0.39, 0.29) is 24.7 Å². The molecule has 1 fully saturated rings. The van der Waals surface area contributed by atoms with E-state index in [9.17, 15) is 10.2 Å². The van der Waals surface area contributed by atoms with E-state index in [0.717, 1.165) is 40.7 Å². The summed E-state index contributed by atoms with van der Waals surface area (Å²) in [5, 5.41) is 24.3. The summed E-state index contributed by atoms with van der Waals surface area (Å²) in [7, 11) is 0. The Bertz CT molecular complexity index is 1200. The number of pyridine rings is 1. The minimum Gasteiger partial charge on any atom is -0.393 e. The van der Waals surface area contributed by atoms with Crippen LogP contribution >= 0.6 is 0 Å². The molecule has 1 saturated carbocycles. The third kappa shape index (κ3) is 3.35. The van der Waals surface area contributed by atoms with E-state index in [2.05, 4.69) is 15.1 Å². The smallest absolute Gasteiger partial charge is 0.251 e. The number of fused-ring (bicyclic) bond motifs is 1. The van der Waals surface area contributed by atoms with Crippen LogP contribution in [0.25, 0.3) is 28.1 Å². The van der Waals surface area contributed by atoms with E-state index < -0.39 is 0 Å². The molecule has 0 bridgehead atoms. The zero-order chi connectivity index (χ0) is 20.7. The fraction of sp³-hybridized carbons (Fsp3) is 0.273. The van der Waals surface area contributed by atoms with E-state index >= 15 is 0 Å². The first-order valence-electron chi connectivity index (χ1n) is 9.94. The van der Waals surface area contributed by atoms with Crippen LogP contribution in [0.3, 0.4) is 0 Å². The van der Waals surface area contributed by atoms with Gasteiger partial charge >= 0.3 is 0 Å². The Morgan fingerprint density at radius 3 is 2.80 bits per heavy atom. The summed E-state index contributed by atoms with van der Waals surface area (Å²) in [6.07, 6.45) is 4.58. The van der Waals surface area contributed by atoms with Crippen LogP contribution in [0.2, 0.25) is 0 Å². The zero-order valence-electron chi connectivity index (χ0n) is 16.3. The third-order valence-electron chi connectivity index (χ3n) is 5.69. The SMILES string of the molecule is NC(c1cccc(-c2ccc3cnn(-c4nccc(CO)n4)c3c2)n1)C1CC(O)C1. The van der Waals surface area contributed by atoms with Gasteiger partial charge in [0.25, 0.3) is 5.95 Å². The summed E-state index contributed by atoms with van der Waals surface area (Å²) in [5.74, 6) is 0.670. The van der Waals surface area contributed by atoms with Gasteiger partial charge in [-0.3, -0.25) is 4.98 Å². The normalized spacial score (nSPS) is 19.6. The maximum Gasteiger partial charge on any atom is 0.251 e. The molecule has 0 spiro atoms. The number of benzene rings is 1. The largest absolute Gasteiger partial charge is 0.393 e. The molecule has 4 N–H and O–H groups in total. The highest BCUT2D eigenvalue weighted by molar-refractivity contribution is 5.84. The lowest BCUT2D eigenvalue weighted by atomic mass is 9.76. The molecule has 1 unspecified atom stereocenters. The number of aliphatic hydroxyl groups is 2. The van der Waals surface area contributed by atoms with Crippen molar-refractivity contribution in [1.29, 1.82) is 0 Å². The lowest BCUT2D eigenvalue weighted by Crippen LogP contribution is -2.36. The van der Waals surface area contributed by atoms with Gasteiger partial charge < -0.3 is 15.9 Å². The average molecular weight is 402 g/mol. The molecule has 1 aliphatic rings. The van der Waals surface area contributed by atoms with Crippen molar-refractivity contribution in [1.82, 2.24) is 24.7 Å². The van der Waals surface area contributed by atoms with Gasteiger partial charge in [0.2, 0.25) is 0 Å². The minimum absolute atomic E-state index is 0.158. The Morgan fingerprint density at radius 1 is 1.13 bits per heavy atom. The molecular formula is C22H22N6O2. The predicted octanol–water partition coefficient (Wildman–Crippen LogP) is 2.14. The van der Waals surface area contributed by atoms with Crippen molar-refractivity contribution >= 4 is 10.9 Å². The number of nitrogens with zero attached hydrogens (tertiary/aromatic N) is 5. The summed E-state index contributed by atoms with van der Waals surface area (Å²) in [6, 6.07) is 13.3. The summed E-state index contributed by atoms with van der Waals surface area (Å²) in [5.41, 5.74) is 10.4. The van der Waals surface area contributed by atoms with Gasteiger partial charge in [0.05, 0.1) is 47.5 Å². The van der Waals surface area contributed by atoms with Gasteiger partial charge in [-0.2, -0.15) is 9.78 Å². The molecule has 0 aliphatic heterocycles. The minimum atomic E-state index is -0.238. The lowest BCUT2D eigenvalue weighted by Gasteiger charge is -2.35. The Morgan fingerprint density at radius 2 is 2.00 bits per heavy atom. The highest BCUT2D eigenvalue weighted by Gasteiger charge is 2.33.